The van der Waals surface area contributed by atoms with Crippen LogP contribution < -0.4 is 5.73 Å². The van der Waals surface area contributed by atoms with Gasteiger partial charge in [-0.15, -0.1) is 0 Å². The summed E-state index contributed by atoms with van der Waals surface area (Å²) >= 11 is 0. The lowest BCUT2D eigenvalue weighted by atomic mass is 10.1. The van der Waals surface area contributed by atoms with Crippen molar-refractivity contribution in [1.29, 1.82) is 0 Å². The fourth-order valence-corrected chi connectivity index (χ4v) is 3.02. The Balaban J connectivity index is 1.68. The molecule has 1 fully saturated rings. The normalized spacial score (nSPS) is 17.1. The van der Waals surface area contributed by atoms with Crippen molar-refractivity contribution in [2.45, 2.75) is 19.1 Å². The number of nitrogens with one attached hydrogen (secondary N) is 1. The lowest BCUT2D eigenvalue weighted by Crippen LogP contribution is -2.32. The topological polar surface area (TPSA) is 121 Å². The Morgan fingerprint density at radius 2 is 2.22 bits per heavy atom. The minimum Gasteiger partial charge on any atom is -0.376 e. The molecule has 1 atom stereocenters. The highest BCUT2D eigenvalue weighted by atomic mass is 16.6. The number of benzene rings is 1. The lowest BCUT2D eigenvalue weighted by Gasteiger charge is -2.23. The first-order chi connectivity index (χ1) is 13.2. The summed E-state index contributed by atoms with van der Waals surface area (Å²) in [6.45, 7) is 2.12. The van der Waals surface area contributed by atoms with Gasteiger partial charge in [0, 0.05) is 23.5 Å². The molecule has 4 rings (SSSR count). The second-order valence-corrected chi connectivity index (χ2v) is 6.26. The van der Waals surface area contributed by atoms with Crippen molar-refractivity contribution in [2.24, 2.45) is 5.73 Å². The Labute approximate surface area is 155 Å². The molecule has 1 saturated heterocycles. The third kappa shape index (κ3) is 4.04. The van der Waals surface area contributed by atoms with Crippen LogP contribution in [0.15, 0.2) is 36.7 Å². The largest absolute Gasteiger partial charge is 0.376 e. The van der Waals surface area contributed by atoms with Gasteiger partial charge in [0.1, 0.15) is 11.9 Å². The van der Waals surface area contributed by atoms with Gasteiger partial charge in [0.2, 0.25) is 5.91 Å². The quantitative estimate of drug-likeness (QED) is 0.663. The molecule has 1 unspecified atom stereocenters. The zero-order valence-corrected chi connectivity index (χ0v) is 14.7. The summed E-state index contributed by atoms with van der Waals surface area (Å²) < 4.78 is 12.9. The Hall–Kier alpha value is -3.04. The van der Waals surface area contributed by atoms with Gasteiger partial charge < -0.3 is 20.2 Å². The van der Waals surface area contributed by atoms with Gasteiger partial charge >= 0.3 is 0 Å². The fourth-order valence-electron chi connectivity index (χ4n) is 3.02. The number of carbonyl (C=O) groups excluding carboxylic acids is 1. The van der Waals surface area contributed by atoms with Crippen LogP contribution in [-0.4, -0.2) is 56.6 Å². The van der Waals surface area contributed by atoms with E-state index in [9.17, 15) is 4.79 Å². The van der Waals surface area contributed by atoms with Gasteiger partial charge in [-0.1, -0.05) is 18.2 Å². The summed E-state index contributed by atoms with van der Waals surface area (Å²) in [5.74, 6) is 1.33. The molecule has 27 heavy (non-hydrogen) atoms. The SMILES string of the molecule is NC(=O)Cc1nc(-c2cccc(-c3ncc[nH]3)c2)n(CC2COCCO2)n1. The van der Waals surface area contributed by atoms with Crippen LogP contribution in [0.5, 0.6) is 0 Å². The Morgan fingerprint density at radius 1 is 1.33 bits per heavy atom. The smallest absolute Gasteiger partial charge is 0.225 e. The zero-order valence-electron chi connectivity index (χ0n) is 14.7. The van der Waals surface area contributed by atoms with Crippen LogP contribution in [0.2, 0.25) is 0 Å². The maximum absolute atomic E-state index is 11.3. The predicted molar refractivity (Wildman–Crippen MR) is 96.5 cm³/mol. The fraction of sp³-hybridized carbons (Fsp3) is 0.333. The van der Waals surface area contributed by atoms with Crippen LogP contribution in [0.4, 0.5) is 0 Å². The van der Waals surface area contributed by atoms with Crippen LogP contribution in [0.25, 0.3) is 22.8 Å². The van der Waals surface area contributed by atoms with Crippen molar-refractivity contribution < 1.29 is 14.3 Å². The second kappa shape index (κ2) is 7.68. The standard InChI is InChI=1S/C18H20N6O3/c19-15(25)9-16-22-18(24(23-16)10-14-11-26-6-7-27-14)13-3-1-2-12(8-13)17-20-4-5-21-17/h1-5,8,14H,6-7,9-11H2,(H2,19,25)(H,20,21). The highest BCUT2D eigenvalue weighted by molar-refractivity contribution is 5.76. The first-order valence-electron chi connectivity index (χ1n) is 8.70. The second-order valence-electron chi connectivity index (χ2n) is 6.26. The number of primary amides is 1. The van der Waals surface area contributed by atoms with E-state index in [4.69, 9.17) is 15.2 Å². The van der Waals surface area contributed by atoms with Gasteiger partial charge in [0.15, 0.2) is 11.6 Å². The summed E-state index contributed by atoms with van der Waals surface area (Å²) in [6, 6.07) is 7.82. The molecule has 1 amide bonds. The number of rotatable bonds is 6. The van der Waals surface area contributed by atoms with Crippen LogP contribution in [-0.2, 0) is 27.2 Å². The van der Waals surface area contributed by atoms with E-state index in [-0.39, 0.29) is 12.5 Å². The minimum atomic E-state index is -0.472. The van der Waals surface area contributed by atoms with E-state index in [1.807, 2.05) is 24.3 Å². The van der Waals surface area contributed by atoms with Crippen molar-refractivity contribution >= 4 is 5.91 Å². The van der Waals surface area contributed by atoms with Crippen molar-refractivity contribution in [2.75, 3.05) is 19.8 Å². The van der Waals surface area contributed by atoms with Crippen molar-refractivity contribution in [3.63, 3.8) is 0 Å². The Bertz CT molecular complexity index is 915. The highest BCUT2D eigenvalue weighted by Gasteiger charge is 2.20. The number of aromatic amines is 1. The Morgan fingerprint density at radius 3 is 2.96 bits per heavy atom. The van der Waals surface area contributed by atoms with E-state index in [1.165, 1.54) is 0 Å². The molecule has 3 aromatic rings. The van der Waals surface area contributed by atoms with Gasteiger partial charge in [-0.05, 0) is 6.07 Å². The molecule has 0 saturated carbocycles. The highest BCUT2D eigenvalue weighted by Crippen LogP contribution is 2.24. The van der Waals surface area contributed by atoms with E-state index >= 15 is 0 Å². The molecule has 9 nitrogen and oxygen atoms in total. The molecule has 0 bridgehead atoms. The molecule has 0 aliphatic carbocycles. The number of nitrogens with two attached hydrogens (primary N) is 1. The molecule has 1 aliphatic heterocycles. The minimum absolute atomic E-state index is 0.0140. The summed E-state index contributed by atoms with van der Waals surface area (Å²) in [4.78, 5) is 23.2. The molecule has 3 heterocycles. The number of nitrogens with zero attached hydrogens (tertiary/aromatic N) is 4. The van der Waals surface area contributed by atoms with E-state index < -0.39 is 5.91 Å². The third-order valence-corrected chi connectivity index (χ3v) is 4.20. The number of imidazole rings is 1. The molecule has 0 spiro atoms. The van der Waals surface area contributed by atoms with Crippen LogP contribution >= 0.6 is 0 Å². The van der Waals surface area contributed by atoms with Crippen molar-refractivity contribution in [1.82, 2.24) is 24.7 Å². The number of ether oxygens (including phenoxy) is 2. The number of amides is 1. The average Bonchev–Trinajstić information content (AvgIpc) is 3.33. The predicted octanol–water partition coefficient (Wildman–Crippen LogP) is 0.778. The molecular formula is C18H20N6O3. The van der Waals surface area contributed by atoms with Gasteiger partial charge in [-0.3, -0.25) is 4.79 Å². The number of carbonyl (C=O) groups is 1. The van der Waals surface area contributed by atoms with Crippen molar-refractivity contribution in [3.05, 3.63) is 42.5 Å². The first kappa shape index (κ1) is 17.4. The van der Waals surface area contributed by atoms with Crippen molar-refractivity contribution in [3.8, 4) is 22.8 Å². The van der Waals surface area contributed by atoms with E-state index in [2.05, 4.69) is 20.1 Å². The van der Waals surface area contributed by atoms with Gasteiger partial charge in [-0.25, -0.2) is 14.6 Å². The average molecular weight is 368 g/mol. The lowest BCUT2D eigenvalue weighted by molar-refractivity contribution is -0.117. The van der Waals surface area contributed by atoms with Gasteiger partial charge in [-0.2, -0.15) is 5.10 Å². The molecule has 1 aromatic carbocycles. The van der Waals surface area contributed by atoms with E-state index in [0.29, 0.717) is 38.0 Å². The molecular weight excluding hydrogens is 348 g/mol. The zero-order chi connectivity index (χ0) is 18.6. The van der Waals surface area contributed by atoms with Gasteiger partial charge in [0.25, 0.3) is 0 Å². The van der Waals surface area contributed by atoms with Crippen LogP contribution in [0, 0.1) is 0 Å². The van der Waals surface area contributed by atoms with Crippen LogP contribution in [0.3, 0.4) is 0 Å². The van der Waals surface area contributed by atoms with Gasteiger partial charge in [0.05, 0.1) is 32.8 Å². The summed E-state index contributed by atoms with van der Waals surface area (Å²) in [7, 11) is 0. The molecule has 140 valence electrons. The third-order valence-electron chi connectivity index (χ3n) is 4.20. The van der Waals surface area contributed by atoms with Crippen LogP contribution in [0.1, 0.15) is 5.82 Å². The molecule has 9 heteroatoms. The summed E-state index contributed by atoms with van der Waals surface area (Å²) in [6.07, 6.45) is 3.35. The molecule has 0 radical (unpaired) electrons. The first-order valence-corrected chi connectivity index (χ1v) is 8.70. The Kier molecular flexibility index (Phi) is 4.95. The molecule has 2 aromatic heterocycles. The molecule has 1 aliphatic rings. The van der Waals surface area contributed by atoms with E-state index in [0.717, 1.165) is 17.0 Å². The number of H-pyrrole nitrogens is 1. The molecule has 3 N–H and O–H groups in total. The maximum Gasteiger partial charge on any atom is 0.225 e. The summed E-state index contributed by atoms with van der Waals surface area (Å²) in [5.41, 5.74) is 7.11. The maximum atomic E-state index is 11.3. The van der Waals surface area contributed by atoms with E-state index in [1.54, 1.807) is 17.1 Å². The number of hydrogen-bond donors (Lipinski definition) is 2. The number of hydrogen-bond acceptors (Lipinski definition) is 6. The summed E-state index contributed by atoms with van der Waals surface area (Å²) in [5, 5.41) is 4.46. The number of aromatic nitrogens is 5. The monoisotopic (exact) mass is 368 g/mol.